The van der Waals surface area contributed by atoms with Crippen molar-refractivity contribution in [2.24, 2.45) is 0 Å². The van der Waals surface area contributed by atoms with E-state index in [-0.39, 0.29) is 6.42 Å². The van der Waals surface area contributed by atoms with Crippen molar-refractivity contribution in [2.45, 2.75) is 17.7 Å². The summed E-state index contributed by atoms with van der Waals surface area (Å²) in [5.41, 5.74) is 2.28. The molecule has 0 unspecified atom stereocenters. The van der Waals surface area contributed by atoms with Crippen LogP contribution < -0.4 is 5.32 Å². The molecule has 3 nitrogen and oxygen atoms in total. The maximum atomic E-state index is 10.4. The van der Waals surface area contributed by atoms with Gasteiger partial charge in [0.2, 0.25) is 0 Å². The Morgan fingerprint density at radius 1 is 1.53 bits per heavy atom. The number of benzene rings is 1. The summed E-state index contributed by atoms with van der Waals surface area (Å²) < 4.78 is 0. The van der Waals surface area contributed by atoms with E-state index in [4.69, 9.17) is 5.11 Å². The van der Waals surface area contributed by atoms with Gasteiger partial charge in [-0.25, -0.2) is 0 Å². The van der Waals surface area contributed by atoms with Gasteiger partial charge in [-0.1, -0.05) is 6.07 Å². The first-order valence-corrected chi connectivity index (χ1v) is 5.95. The second-order valence-electron chi connectivity index (χ2n) is 3.50. The number of carboxylic acids is 1. The zero-order valence-corrected chi connectivity index (χ0v) is 9.14. The summed E-state index contributed by atoms with van der Waals surface area (Å²) in [6.07, 6.45) is 0.819. The minimum absolute atomic E-state index is 0.205. The summed E-state index contributed by atoms with van der Waals surface area (Å²) in [7, 11) is 0. The van der Waals surface area contributed by atoms with Crippen molar-refractivity contribution in [2.75, 3.05) is 17.6 Å². The van der Waals surface area contributed by atoms with Gasteiger partial charge < -0.3 is 10.4 Å². The van der Waals surface area contributed by atoms with E-state index in [2.05, 4.69) is 11.4 Å². The van der Waals surface area contributed by atoms with Gasteiger partial charge in [0.15, 0.2) is 0 Å². The Kier molecular flexibility index (Phi) is 3.16. The maximum absolute atomic E-state index is 10.4. The molecule has 2 N–H and O–H groups in total. The molecule has 0 bridgehead atoms. The lowest BCUT2D eigenvalue weighted by Gasteiger charge is -2.17. The zero-order valence-electron chi connectivity index (χ0n) is 8.32. The smallest absolute Gasteiger partial charge is 0.303 e. The fraction of sp³-hybridized carbons (Fsp3) is 0.364. The molecule has 0 atom stereocenters. The number of carboxylic acid groups (broad SMARTS) is 1. The van der Waals surface area contributed by atoms with Crippen molar-refractivity contribution in [1.29, 1.82) is 0 Å². The number of hydrogen-bond donors (Lipinski definition) is 2. The molecule has 1 aliphatic heterocycles. The minimum Gasteiger partial charge on any atom is -0.481 e. The minimum atomic E-state index is -0.738. The predicted molar refractivity (Wildman–Crippen MR) is 61.6 cm³/mol. The molecule has 0 saturated heterocycles. The molecule has 0 spiro atoms. The maximum Gasteiger partial charge on any atom is 0.303 e. The van der Waals surface area contributed by atoms with Gasteiger partial charge in [0.25, 0.3) is 0 Å². The average molecular weight is 223 g/mol. The monoisotopic (exact) mass is 223 g/mol. The number of thioether (sulfide) groups is 1. The molecular weight excluding hydrogens is 210 g/mol. The Balaban J connectivity index is 2.10. The second kappa shape index (κ2) is 4.57. The fourth-order valence-corrected chi connectivity index (χ4v) is 2.54. The molecule has 0 saturated carbocycles. The molecule has 80 valence electrons. The normalized spacial score (nSPS) is 14.1. The number of anilines is 1. The van der Waals surface area contributed by atoms with Crippen LogP contribution in [0.4, 0.5) is 5.69 Å². The summed E-state index contributed by atoms with van der Waals surface area (Å²) in [4.78, 5) is 11.7. The Labute approximate surface area is 92.9 Å². The highest BCUT2D eigenvalue weighted by atomic mass is 32.2. The third kappa shape index (κ3) is 2.65. The Hall–Kier alpha value is -1.16. The van der Waals surface area contributed by atoms with Gasteiger partial charge >= 0.3 is 5.97 Å². The molecular formula is C11H13NO2S. The summed E-state index contributed by atoms with van der Waals surface area (Å²) in [6.45, 7) is 1.01. The van der Waals surface area contributed by atoms with E-state index >= 15 is 0 Å². The van der Waals surface area contributed by atoms with Crippen LogP contribution in [0, 0.1) is 0 Å². The van der Waals surface area contributed by atoms with Crippen molar-refractivity contribution in [1.82, 2.24) is 0 Å². The van der Waals surface area contributed by atoms with E-state index in [0.717, 1.165) is 17.9 Å². The summed E-state index contributed by atoms with van der Waals surface area (Å²) in [6, 6.07) is 6.13. The standard InChI is InChI=1S/C11H13NO2S/c13-11(14)4-2-8-1-3-9-10(7-8)15-6-5-12-9/h1,3,7,12H,2,4-6H2,(H,13,14). The van der Waals surface area contributed by atoms with Crippen LogP contribution >= 0.6 is 11.8 Å². The zero-order chi connectivity index (χ0) is 10.7. The number of carbonyl (C=O) groups is 1. The first kappa shape index (κ1) is 10.4. The van der Waals surface area contributed by atoms with Crippen LogP contribution in [0.25, 0.3) is 0 Å². The van der Waals surface area contributed by atoms with Gasteiger partial charge in [0, 0.05) is 29.3 Å². The number of nitrogens with one attached hydrogen (secondary N) is 1. The van der Waals surface area contributed by atoms with Crippen LogP contribution in [-0.2, 0) is 11.2 Å². The molecule has 0 aromatic heterocycles. The summed E-state index contributed by atoms with van der Waals surface area (Å²) in [5.74, 6) is 0.341. The van der Waals surface area contributed by atoms with E-state index in [1.54, 1.807) is 0 Å². The van der Waals surface area contributed by atoms with Gasteiger partial charge in [-0.2, -0.15) is 0 Å². The van der Waals surface area contributed by atoms with Crippen LogP contribution in [0.2, 0.25) is 0 Å². The molecule has 1 aliphatic rings. The Bertz CT molecular complexity index is 379. The van der Waals surface area contributed by atoms with Crippen LogP contribution in [0.15, 0.2) is 23.1 Å². The van der Waals surface area contributed by atoms with E-state index < -0.39 is 5.97 Å². The SMILES string of the molecule is O=C(O)CCc1ccc2c(c1)SCCN2. The van der Waals surface area contributed by atoms with Gasteiger partial charge in [-0.15, -0.1) is 11.8 Å². The molecule has 0 amide bonds. The lowest BCUT2D eigenvalue weighted by atomic mass is 10.1. The third-order valence-corrected chi connectivity index (χ3v) is 3.41. The molecule has 1 aromatic carbocycles. The molecule has 4 heteroatoms. The molecule has 0 aliphatic carbocycles. The van der Waals surface area contributed by atoms with Crippen LogP contribution in [-0.4, -0.2) is 23.4 Å². The first-order chi connectivity index (χ1) is 7.25. The van der Waals surface area contributed by atoms with Crippen LogP contribution in [0.5, 0.6) is 0 Å². The van der Waals surface area contributed by atoms with E-state index in [0.29, 0.717) is 6.42 Å². The molecule has 1 heterocycles. The van der Waals surface area contributed by atoms with Crippen molar-refractivity contribution >= 4 is 23.4 Å². The van der Waals surface area contributed by atoms with Crippen LogP contribution in [0.3, 0.4) is 0 Å². The van der Waals surface area contributed by atoms with E-state index in [1.165, 1.54) is 10.6 Å². The average Bonchev–Trinajstić information content (AvgIpc) is 2.26. The number of fused-ring (bicyclic) bond motifs is 1. The summed E-state index contributed by atoms with van der Waals surface area (Å²) >= 11 is 1.83. The number of aryl methyl sites for hydroxylation is 1. The van der Waals surface area contributed by atoms with Gasteiger partial charge in [-0.3, -0.25) is 4.79 Å². The van der Waals surface area contributed by atoms with Crippen molar-refractivity contribution in [3.8, 4) is 0 Å². The lowest BCUT2D eigenvalue weighted by Crippen LogP contribution is -2.10. The third-order valence-electron chi connectivity index (χ3n) is 2.35. The first-order valence-electron chi connectivity index (χ1n) is 4.97. The highest BCUT2D eigenvalue weighted by Crippen LogP contribution is 2.31. The number of aliphatic carboxylic acids is 1. The van der Waals surface area contributed by atoms with Crippen LogP contribution in [0.1, 0.15) is 12.0 Å². The van der Waals surface area contributed by atoms with Crippen molar-refractivity contribution < 1.29 is 9.90 Å². The fourth-order valence-electron chi connectivity index (χ4n) is 1.59. The molecule has 1 aromatic rings. The molecule has 0 radical (unpaired) electrons. The summed E-state index contributed by atoms with van der Waals surface area (Å²) in [5, 5.41) is 11.9. The van der Waals surface area contributed by atoms with Crippen molar-refractivity contribution in [3.63, 3.8) is 0 Å². The number of hydrogen-bond acceptors (Lipinski definition) is 3. The second-order valence-corrected chi connectivity index (χ2v) is 4.64. The molecule has 15 heavy (non-hydrogen) atoms. The largest absolute Gasteiger partial charge is 0.481 e. The lowest BCUT2D eigenvalue weighted by molar-refractivity contribution is -0.136. The Morgan fingerprint density at radius 3 is 3.20 bits per heavy atom. The Morgan fingerprint density at radius 2 is 2.40 bits per heavy atom. The molecule has 0 fully saturated rings. The highest BCUT2D eigenvalue weighted by molar-refractivity contribution is 7.99. The van der Waals surface area contributed by atoms with E-state index in [9.17, 15) is 4.79 Å². The van der Waals surface area contributed by atoms with Gasteiger partial charge in [0.1, 0.15) is 0 Å². The quantitative estimate of drug-likeness (QED) is 0.825. The van der Waals surface area contributed by atoms with E-state index in [1.807, 2.05) is 23.9 Å². The van der Waals surface area contributed by atoms with Crippen molar-refractivity contribution in [3.05, 3.63) is 23.8 Å². The topological polar surface area (TPSA) is 49.3 Å². The molecule has 2 rings (SSSR count). The highest BCUT2D eigenvalue weighted by Gasteiger charge is 2.09. The van der Waals surface area contributed by atoms with Gasteiger partial charge in [-0.05, 0) is 24.1 Å². The van der Waals surface area contributed by atoms with Gasteiger partial charge in [0.05, 0.1) is 0 Å². The predicted octanol–water partition coefficient (Wildman–Crippen LogP) is 2.22. The number of rotatable bonds is 3.